The fourth-order valence-corrected chi connectivity index (χ4v) is 1.82. The van der Waals surface area contributed by atoms with Crippen LogP contribution in [0.1, 0.15) is 32.7 Å². The van der Waals surface area contributed by atoms with E-state index in [2.05, 4.69) is 34.1 Å². The number of aromatic nitrogens is 5. The first kappa shape index (κ1) is 10.2. The van der Waals surface area contributed by atoms with E-state index < -0.39 is 0 Å². The number of hydrogen-bond acceptors (Lipinski definition) is 4. The summed E-state index contributed by atoms with van der Waals surface area (Å²) in [5.74, 6) is 0. The Labute approximate surface area is 92.5 Å². The summed E-state index contributed by atoms with van der Waals surface area (Å²) < 4.78 is 2.37. The Balaban J connectivity index is 2.54. The SMILES string of the molecule is CCCC(C)n1nnc2c(=S)nc[nH]c21. The van der Waals surface area contributed by atoms with Gasteiger partial charge < -0.3 is 4.98 Å². The van der Waals surface area contributed by atoms with E-state index in [0.29, 0.717) is 16.2 Å². The Morgan fingerprint density at radius 3 is 3.13 bits per heavy atom. The number of rotatable bonds is 3. The van der Waals surface area contributed by atoms with Crippen LogP contribution in [-0.2, 0) is 0 Å². The van der Waals surface area contributed by atoms with Gasteiger partial charge in [-0.3, -0.25) is 0 Å². The minimum atomic E-state index is 0.327. The fraction of sp³-hybridized carbons (Fsp3) is 0.556. The summed E-state index contributed by atoms with van der Waals surface area (Å²) in [5, 5.41) is 8.14. The predicted octanol–water partition coefficient (Wildman–Crippen LogP) is 2.24. The molecule has 80 valence electrons. The smallest absolute Gasteiger partial charge is 0.166 e. The van der Waals surface area contributed by atoms with Crippen molar-refractivity contribution in [2.75, 3.05) is 0 Å². The number of fused-ring (bicyclic) bond motifs is 1. The minimum Gasteiger partial charge on any atom is -0.329 e. The molecule has 0 aromatic carbocycles. The lowest BCUT2D eigenvalue weighted by Gasteiger charge is -2.09. The molecule has 2 rings (SSSR count). The standard InChI is InChI=1S/C9H13N5S/c1-3-4-6(2)14-8-7(12-13-14)9(15)11-5-10-8/h5-6H,3-4H2,1-2H3,(H,10,11,15). The summed E-state index contributed by atoms with van der Waals surface area (Å²) in [6.45, 7) is 4.27. The third kappa shape index (κ3) is 1.77. The van der Waals surface area contributed by atoms with Crippen LogP contribution >= 0.6 is 12.2 Å². The maximum Gasteiger partial charge on any atom is 0.166 e. The molecule has 0 fully saturated rings. The van der Waals surface area contributed by atoms with Crippen LogP contribution in [0.5, 0.6) is 0 Å². The second-order valence-corrected chi connectivity index (χ2v) is 3.96. The molecule has 5 nitrogen and oxygen atoms in total. The summed E-state index contributed by atoms with van der Waals surface area (Å²) in [5.41, 5.74) is 1.53. The molecule has 6 heteroatoms. The van der Waals surface area contributed by atoms with E-state index in [1.54, 1.807) is 6.33 Å². The summed E-state index contributed by atoms with van der Waals surface area (Å²) in [6, 6.07) is 0.327. The number of nitrogens with zero attached hydrogens (tertiary/aromatic N) is 4. The van der Waals surface area contributed by atoms with Crippen molar-refractivity contribution in [2.24, 2.45) is 0 Å². The van der Waals surface area contributed by atoms with Crippen molar-refractivity contribution in [3.05, 3.63) is 11.0 Å². The summed E-state index contributed by atoms with van der Waals surface area (Å²) in [4.78, 5) is 7.01. The largest absolute Gasteiger partial charge is 0.329 e. The highest BCUT2D eigenvalue weighted by Gasteiger charge is 2.11. The van der Waals surface area contributed by atoms with Gasteiger partial charge in [0, 0.05) is 0 Å². The molecule has 0 aliphatic rings. The zero-order valence-corrected chi connectivity index (χ0v) is 9.58. The molecular weight excluding hydrogens is 210 g/mol. The zero-order chi connectivity index (χ0) is 10.8. The molecule has 2 aromatic heterocycles. The van der Waals surface area contributed by atoms with Gasteiger partial charge in [-0.1, -0.05) is 30.8 Å². The second-order valence-electron chi connectivity index (χ2n) is 3.58. The van der Waals surface area contributed by atoms with E-state index in [1.165, 1.54) is 0 Å². The van der Waals surface area contributed by atoms with E-state index in [9.17, 15) is 0 Å². The highest BCUT2D eigenvalue weighted by molar-refractivity contribution is 7.71. The van der Waals surface area contributed by atoms with Gasteiger partial charge in [0.05, 0.1) is 12.4 Å². The van der Waals surface area contributed by atoms with Crippen molar-refractivity contribution >= 4 is 23.4 Å². The highest BCUT2D eigenvalue weighted by atomic mass is 32.1. The Morgan fingerprint density at radius 2 is 2.40 bits per heavy atom. The summed E-state index contributed by atoms with van der Waals surface area (Å²) >= 11 is 5.07. The van der Waals surface area contributed by atoms with Gasteiger partial charge in [-0.2, -0.15) is 0 Å². The van der Waals surface area contributed by atoms with Crippen molar-refractivity contribution in [3.63, 3.8) is 0 Å². The molecule has 0 saturated carbocycles. The van der Waals surface area contributed by atoms with Crippen molar-refractivity contribution in [3.8, 4) is 0 Å². The maximum absolute atomic E-state index is 5.07. The first-order valence-corrected chi connectivity index (χ1v) is 5.43. The number of H-pyrrole nitrogens is 1. The average molecular weight is 223 g/mol. The first-order chi connectivity index (χ1) is 7.24. The second kappa shape index (κ2) is 4.06. The first-order valence-electron chi connectivity index (χ1n) is 5.02. The topological polar surface area (TPSA) is 59.4 Å². The third-order valence-corrected chi connectivity index (χ3v) is 2.70. The molecule has 2 aromatic rings. The van der Waals surface area contributed by atoms with Gasteiger partial charge in [0.1, 0.15) is 0 Å². The van der Waals surface area contributed by atoms with Gasteiger partial charge in [0.25, 0.3) is 0 Å². The molecule has 1 unspecified atom stereocenters. The van der Waals surface area contributed by atoms with Gasteiger partial charge in [-0.05, 0) is 13.3 Å². The van der Waals surface area contributed by atoms with Crippen LogP contribution in [-0.4, -0.2) is 25.0 Å². The molecule has 1 N–H and O–H groups in total. The van der Waals surface area contributed by atoms with E-state index in [4.69, 9.17) is 12.2 Å². The Morgan fingerprint density at radius 1 is 1.60 bits per heavy atom. The van der Waals surface area contributed by atoms with Crippen LogP contribution in [0.4, 0.5) is 0 Å². The van der Waals surface area contributed by atoms with E-state index >= 15 is 0 Å². The molecule has 0 amide bonds. The van der Waals surface area contributed by atoms with Gasteiger partial charge in [0.15, 0.2) is 15.8 Å². The molecule has 0 aliphatic heterocycles. The lowest BCUT2D eigenvalue weighted by molar-refractivity contribution is 0.453. The van der Waals surface area contributed by atoms with Gasteiger partial charge in [-0.15, -0.1) is 5.10 Å². The molecule has 0 radical (unpaired) electrons. The summed E-state index contributed by atoms with van der Waals surface area (Å²) in [6.07, 6.45) is 3.78. The third-order valence-electron chi connectivity index (χ3n) is 2.40. The van der Waals surface area contributed by atoms with E-state index in [-0.39, 0.29) is 0 Å². The van der Waals surface area contributed by atoms with Gasteiger partial charge in [0.2, 0.25) is 0 Å². The van der Waals surface area contributed by atoms with Crippen molar-refractivity contribution in [2.45, 2.75) is 32.7 Å². The Bertz CT molecular complexity index is 514. The van der Waals surface area contributed by atoms with Gasteiger partial charge in [-0.25, -0.2) is 9.67 Å². The van der Waals surface area contributed by atoms with Crippen LogP contribution in [0, 0.1) is 4.64 Å². The molecule has 0 saturated heterocycles. The lowest BCUT2D eigenvalue weighted by Crippen LogP contribution is -2.07. The zero-order valence-electron chi connectivity index (χ0n) is 8.77. The van der Waals surface area contributed by atoms with Gasteiger partial charge >= 0.3 is 0 Å². The normalized spacial score (nSPS) is 13.2. The molecule has 2 heterocycles. The number of nitrogens with one attached hydrogen (secondary N) is 1. The van der Waals surface area contributed by atoms with Crippen molar-refractivity contribution in [1.82, 2.24) is 25.0 Å². The molecule has 0 spiro atoms. The van der Waals surface area contributed by atoms with E-state index in [1.807, 2.05) is 4.68 Å². The quantitative estimate of drug-likeness (QED) is 0.811. The van der Waals surface area contributed by atoms with Crippen LogP contribution in [0.2, 0.25) is 0 Å². The maximum atomic E-state index is 5.07. The average Bonchev–Trinajstić information content (AvgIpc) is 2.63. The monoisotopic (exact) mass is 223 g/mol. The van der Waals surface area contributed by atoms with Crippen LogP contribution < -0.4 is 0 Å². The van der Waals surface area contributed by atoms with Crippen LogP contribution in [0.15, 0.2) is 6.33 Å². The molecule has 1 atom stereocenters. The Kier molecular flexibility index (Phi) is 2.77. The Hall–Kier alpha value is -1.30. The minimum absolute atomic E-state index is 0.327. The highest BCUT2D eigenvalue weighted by Crippen LogP contribution is 2.16. The fourth-order valence-electron chi connectivity index (χ4n) is 1.63. The van der Waals surface area contributed by atoms with Crippen LogP contribution in [0.3, 0.4) is 0 Å². The van der Waals surface area contributed by atoms with Crippen LogP contribution in [0.25, 0.3) is 11.2 Å². The molecular formula is C9H13N5S. The predicted molar refractivity (Wildman–Crippen MR) is 60.1 cm³/mol. The van der Waals surface area contributed by atoms with E-state index in [0.717, 1.165) is 18.5 Å². The molecule has 0 bridgehead atoms. The van der Waals surface area contributed by atoms with Crippen molar-refractivity contribution in [1.29, 1.82) is 0 Å². The molecule has 0 aliphatic carbocycles. The number of hydrogen-bond donors (Lipinski definition) is 1. The summed E-state index contributed by atoms with van der Waals surface area (Å²) in [7, 11) is 0. The number of aromatic amines is 1. The molecule has 15 heavy (non-hydrogen) atoms. The van der Waals surface area contributed by atoms with Crippen molar-refractivity contribution < 1.29 is 0 Å². The lowest BCUT2D eigenvalue weighted by atomic mass is 10.2.